The minimum absolute atomic E-state index is 0.0139. The number of nitrogens with one attached hydrogen (secondary N) is 1. The van der Waals surface area contributed by atoms with Crippen molar-refractivity contribution < 1.29 is 8.42 Å². The molecule has 23 heavy (non-hydrogen) atoms. The SMILES string of the molecule is Cc1cc(C)c(C(C)NS(=O)(=O)c2cc(Cl)ccc2Cl)cc1C. The number of benzene rings is 2. The number of aryl methyl sites for hydroxylation is 3. The molecule has 124 valence electrons. The highest BCUT2D eigenvalue weighted by Gasteiger charge is 2.22. The molecule has 6 heteroatoms. The minimum Gasteiger partial charge on any atom is -0.207 e. The molecule has 0 saturated heterocycles. The summed E-state index contributed by atoms with van der Waals surface area (Å²) in [6, 6.07) is 8.07. The van der Waals surface area contributed by atoms with Crippen LogP contribution in [-0.2, 0) is 10.0 Å². The number of sulfonamides is 1. The van der Waals surface area contributed by atoms with Crippen LogP contribution in [0, 0.1) is 20.8 Å². The van der Waals surface area contributed by atoms with Gasteiger partial charge in [-0.05, 0) is 68.1 Å². The average Bonchev–Trinajstić information content (AvgIpc) is 2.44. The Morgan fingerprint density at radius 2 is 1.57 bits per heavy atom. The van der Waals surface area contributed by atoms with Gasteiger partial charge in [-0.2, -0.15) is 0 Å². The van der Waals surface area contributed by atoms with Gasteiger partial charge in [0.05, 0.1) is 5.02 Å². The van der Waals surface area contributed by atoms with Crippen LogP contribution < -0.4 is 4.72 Å². The lowest BCUT2D eigenvalue weighted by Crippen LogP contribution is -2.27. The van der Waals surface area contributed by atoms with Crippen LogP contribution in [0.2, 0.25) is 10.0 Å². The highest BCUT2D eigenvalue weighted by molar-refractivity contribution is 7.89. The van der Waals surface area contributed by atoms with Gasteiger partial charge in [-0.3, -0.25) is 0 Å². The maximum absolute atomic E-state index is 12.6. The van der Waals surface area contributed by atoms with Crippen LogP contribution in [0.4, 0.5) is 0 Å². The van der Waals surface area contributed by atoms with Gasteiger partial charge >= 0.3 is 0 Å². The third kappa shape index (κ3) is 4.07. The monoisotopic (exact) mass is 371 g/mol. The first-order chi connectivity index (χ1) is 10.6. The zero-order chi connectivity index (χ0) is 17.4. The van der Waals surface area contributed by atoms with Crippen LogP contribution in [0.25, 0.3) is 0 Å². The summed E-state index contributed by atoms with van der Waals surface area (Å²) in [6.07, 6.45) is 0. The van der Waals surface area contributed by atoms with Gasteiger partial charge in [0.25, 0.3) is 0 Å². The van der Waals surface area contributed by atoms with Crippen LogP contribution >= 0.6 is 23.2 Å². The molecule has 2 rings (SSSR count). The van der Waals surface area contributed by atoms with Crippen molar-refractivity contribution in [3.8, 4) is 0 Å². The summed E-state index contributed by atoms with van der Waals surface area (Å²) in [6.45, 7) is 7.83. The van der Waals surface area contributed by atoms with E-state index < -0.39 is 10.0 Å². The van der Waals surface area contributed by atoms with E-state index in [9.17, 15) is 8.42 Å². The fourth-order valence-electron chi connectivity index (χ4n) is 2.49. The van der Waals surface area contributed by atoms with Gasteiger partial charge in [-0.1, -0.05) is 35.3 Å². The summed E-state index contributed by atoms with van der Waals surface area (Å²) in [4.78, 5) is -0.0139. The highest BCUT2D eigenvalue weighted by Crippen LogP contribution is 2.28. The van der Waals surface area contributed by atoms with Crippen LogP contribution in [-0.4, -0.2) is 8.42 Å². The quantitative estimate of drug-likeness (QED) is 0.825. The Morgan fingerprint density at radius 1 is 0.957 bits per heavy atom. The molecule has 0 aliphatic heterocycles. The number of hydrogen-bond acceptors (Lipinski definition) is 2. The molecule has 0 saturated carbocycles. The van der Waals surface area contributed by atoms with Gasteiger partial charge in [0.15, 0.2) is 0 Å². The maximum Gasteiger partial charge on any atom is 0.242 e. The summed E-state index contributed by atoms with van der Waals surface area (Å²) < 4.78 is 27.9. The molecular formula is C17H19Cl2NO2S. The second-order valence-corrected chi connectivity index (χ2v) is 8.24. The predicted molar refractivity (Wildman–Crippen MR) is 95.9 cm³/mol. The topological polar surface area (TPSA) is 46.2 Å². The molecule has 0 amide bonds. The molecule has 0 fully saturated rings. The van der Waals surface area contributed by atoms with E-state index in [1.807, 2.05) is 33.8 Å². The van der Waals surface area contributed by atoms with E-state index in [2.05, 4.69) is 10.8 Å². The Labute approximate surface area is 147 Å². The molecule has 1 atom stereocenters. The molecule has 0 aliphatic rings. The van der Waals surface area contributed by atoms with E-state index in [1.54, 1.807) is 6.07 Å². The number of hydrogen-bond donors (Lipinski definition) is 1. The van der Waals surface area contributed by atoms with E-state index in [0.29, 0.717) is 5.02 Å². The predicted octanol–water partition coefficient (Wildman–Crippen LogP) is 4.96. The molecule has 0 aliphatic carbocycles. The summed E-state index contributed by atoms with van der Waals surface area (Å²) in [7, 11) is -3.77. The third-order valence-corrected chi connectivity index (χ3v) is 6.12. The van der Waals surface area contributed by atoms with E-state index in [1.165, 1.54) is 17.7 Å². The van der Waals surface area contributed by atoms with Crippen molar-refractivity contribution >= 4 is 33.2 Å². The first-order valence-electron chi connectivity index (χ1n) is 7.17. The van der Waals surface area contributed by atoms with E-state index in [4.69, 9.17) is 23.2 Å². The average molecular weight is 372 g/mol. The molecular weight excluding hydrogens is 353 g/mol. The van der Waals surface area contributed by atoms with Gasteiger partial charge in [0.2, 0.25) is 10.0 Å². The molecule has 0 bridgehead atoms. The van der Waals surface area contributed by atoms with E-state index in [0.717, 1.165) is 16.7 Å². The molecule has 2 aromatic carbocycles. The van der Waals surface area contributed by atoms with Crippen molar-refractivity contribution in [1.29, 1.82) is 0 Å². The lowest BCUT2D eigenvalue weighted by atomic mass is 9.97. The van der Waals surface area contributed by atoms with Crippen LogP contribution in [0.5, 0.6) is 0 Å². The standard InChI is InChI=1S/C17H19Cl2NO2S/c1-10-7-12(3)15(8-11(10)2)13(4)20-23(21,22)17-9-14(18)5-6-16(17)19/h5-9,13,20H,1-4H3. The molecule has 0 aromatic heterocycles. The fraction of sp³-hybridized carbons (Fsp3) is 0.294. The maximum atomic E-state index is 12.6. The largest absolute Gasteiger partial charge is 0.242 e. The smallest absolute Gasteiger partial charge is 0.207 e. The second kappa shape index (κ2) is 6.81. The van der Waals surface area contributed by atoms with Gasteiger partial charge in [0, 0.05) is 11.1 Å². The summed E-state index contributed by atoms with van der Waals surface area (Å²) in [5, 5.41) is 0.468. The minimum atomic E-state index is -3.77. The second-order valence-electron chi connectivity index (χ2n) is 5.71. The zero-order valence-corrected chi connectivity index (χ0v) is 15.8. The highest BCUT2D eigenvalue weighted by atomic mass is 35.5. The van der Waals surface area contributed by atoms with E-state index >= 15 is 0 Å². The first kappa shape index (κ1) is 18.3. The molecule has 0 heterocycles. The molecule has 1 N–H and O–H groups in total. The third-order valence-electron chi connectivity index (χ3n) is 3.86. The summed E-state index contributed by atoms with van der Waals surface area (Å²) in [5.74, 6) is 0. The Hall–Kier alpha value is -1.07. The Morgan fingerprint density at radius 3 is 2.22 bits per heavy atom. The lowest BCUT2D eigenvalue weighted by molar-refractivity contribution is 0.566. The molecule has 2 aromatic rings. The Kier molecular flexibility index (Phi) is 5.41. The van der Waals surface area contributed by atoms with Gasteiger partial charge in [-0.25, -0.2) is 13.1 Å². The fourth-order valence-corrected chi connectivity index (χ4v) is 4.48. The molecule has 3 nitrogen and oxygen atoms in total. The summed E-state index contributed by atoms with van der Waals surface area (Å²) >= 11 is 11.9. The van der Waals surface area contributed by atoms with Crippen molar-refractivity contribution in [2.24, 2.45) is 0 Å². The Balaban J connectivity index is 2.37. The van der Waals surface area contributed by atoms with Gasteiger partial charge in [0.1, 0.15) is 4.90 Å². The van der Waals surface area contributed by atoms with Crippen molar-refractivity contribution in [3.05, 3.63) is 62.6 Å². The van der Waals surface area contributed by atoms with Crippen molar-refractivity contribution in [3.63, 3.8) is 0 Å². The van der Waals surface area contributed by atoms with Gasteiger partial charge in [-0.15, -0.1) is 0 Å². The van der Waals surface area contributed by atoms with Crippen molar-refractivity contribution in [1.82, 2.24) is 4.72 Å². The Bertz CT molecular complexity index is 848. The van der Waals surface area contributed by atoms with Crippen LogP contribution in [0.3, 0.4) is 0 Å². The van der Waals surface area contributed by atoms with Crippen LogP contribution in [0.1, 0.15) is 35.2 Å². The number of rotatable bonds is 4. The van der Waals surface area contributed by atoms with Crippen LogP contribution in [0.15, 0.2) is 35.2 Å². The van der Waals surface area contributed by atoms with Gasteiger partial charge < -0.3 is 0 Å². The number of halogens is 2. The normalized spacial score (nSPS) is 13.1. The summed E-state index contributed by atoms with van der Waals surface area (Å²) in [5.41, 5.74) is 4.28. The van der Waals surface area contributed by atoms with E-state index in [-0.39, 0.29) is 16.0 Å². The van der Waals surface area contributed by atoms with Crippen molar-refractivity contribution in [2.45, 2.75) is 38.6 Å². The lowest BCUT2D eigenvalue weighted by Gasteiger charge is -2.19. The molecule has 0 spiro atoms. The first-order valence-corrected chi connectivity index (χ1v) is 9.41. The molecule has 1 unspecified atom stereocenters. The molecule has 0 radical (unpaired) electrons. The van der Waals surface area contributed by atoms with Crippen molar-refractivity contribution in [2.75, 3.05) is 0 Å². The zero-order valence-electron chi connectivity index (χ0n) is 13.4.